The fourth-order valence-electron chi connectivity index (χ4n) is 1.87. The molecule has 21 heavy (non-hydrogen) atoms. The van der Waals surface area contributed by atoms with E-state index in [1.807, 2.05) is 6.92 Å². The van der Waals surface area contributed by atoms with Crippen molar-refractivity contribution in [3.8, 4) is 11.5 Å². The van der Waals surface area contributed by atoms with Crippen LogP contribution in [0.15, 0.2) is 16.6 Å². The van der Waals surface area contributed by atoms with Crippen LogP contribution in [-0.2, 0) is 11.4 Å². The first kappa shape index (κ1) is 16.1. The summed E-state index contributed by atoms with van der Waals surface area (Å²) in [6, 6.07) is 3.77. The molecule has 2 N–H and O–H groups in total. The minimum Gasteiger partial charge on any atom is -0.490 e. The molecule has 0 radical (unpaired) electrons. The topological polar surface area (TPSA) is 67.8 Å². The molecule has 0 saturated heterocycles. The third-order valence-electron chi connectivity index (χ3n) is 3.14. The van der Waals surface area contributed by atoms with Crippen LogP contribution < -0.4 is 14.8 Å². The lowest BCUT2D eigenvalue weighted by molar-refractivity contribution is -0.127. The Morgan fingerprint density at radius 2 is 2.24 bits per heavy atom. The maximum Gasteiger partial charge on any atom is 0.260 e. The summed E-state index contributed by atoms with van der Waals surface area (Å²) in [5.74, 6) is 0.868. The second kappa shape index (κ2) is 7.13. The van der Waals surface area contributed by atoms with Crippen molar-refractivity contribution in [3.05, 3.63) is 22.2 Å². The van der Waals surface area contributed by atoms with E-state index in [1.165, 1.54) is 0 Å². The van der Waals surface area contributed by atoms with E-state index >= 15 is 0 Å². The molecule has 1 saturated carbocycles. The molecule has 1 fully saturated rings. The average Bonchev–Trinajstić information content (AvgIpc) is 3.26. The number of hydrogen-bond acceptors (Lipinski definition) is 4. The summed E-state index contributed by atoms with van der Waals surface area (Å²) in [7, 11) is 0. The van der Waals surface area contributed by atoms with Crippen LogP contribution in [0.4, 0.5) is 0 Å². The third-order valence-corrected chi connectivity index (χ3v) is 3.73. The molecule has 5 nitrogen and oxygen atoms in total. The summed E-state index contributed by atoms with van der Waals surface area (Å²) >= 11 is 3.40. The lowest BCUT2D eigenvalue weighted by Gasteiger charge is -2.19. The normalized spacial score (nSPS) is 15.4. The monoisotopic (exact) mass is 357 g/mol. The summed E-state index contributed by atoms with van der Waals surface area (Å²) in [5.41, 5.74) is 0.716. The van der Waals surface area contributed by atoms with E-state index < -0.39 is 6.10 Å². The predicted molar refractivity (Wildman–Crippen MR) is 82.5 cm³/mol. The summed E-state index contributed by atoms with van der Waals surface area (Å²) in [5, 5.41) is 12.1. The molecule has 0 aliphatic heterocycles. The van der Waals surface area contributed by atoms with Crippen molar-refractivity contribution >= 4 is 21.8 Å². The molecule has 1 aliphatic rings. The first-order valence-corrected chi connectivity index (χ1v) is 7.87. The van der Waals surface area contributed by atoms with E-state index in [0.717, 1.165) is 12.8 Å². The highest BCUT2D eigenvalue weighted by Gasteiger charge is 2.27. The number of rotatable bonds is 7. The van der Waals surface area contributed by atoms with Gasteiger partial charge in [-0.05, 0) is 60.3 Å². The van der Waals surface area contributed by atoms with Crippen molar-refractivity contribution in [2.45, 2.75) is 45.4 Å². The van der Waals surface area contributed by atoms with Gasteiger partial charge in [0.2, 0.25) is 0 Å². The summed E-state index contributed by atoms with van der Waals surface area (Å²) < 4.78 is 11.9. The number of aliphatic hydroxyl groups excluding tert-OH is 1. The Hall–Kier alpha value is -1.27. The molecular weight excluding hydrogens is 338 g/mol. The SMILES string of the molecule is CCOc1cc(CO)cc(Br)c1OC(C)C(=O)NC1CC1. The van der Waals surface area contributed by atoms with Crippen molar-refractivity contribution in [1.29, 1.82) is 0 Å². The number of nitrogens with one attached hydrogen (secondary N) is 1. The second-order valence-electron chi connectivity index (χ2n) is 5.04. The van der Waals surface area contributed by atoms with Gasteiger partial charge in [0.15, 0.2) is 17.6 Å². The summed E-state index contributed by atoms with van der Waals surface area (Å²) in [6.45, 7) is 3.96. The smallest absolute Gasteiger partial charge is 0.260 e. The van der Waals surface area contributed by atoms with Crippen LogP contribution in [0.5, 0.6) is 11.5 Å². The number of hydrogen-bond donors (Lipinski definition) is 2. The number of carbonyl (C=O) groups is 1. The Balaban J connectivity index is 2.14. The van der Waals surface area contributed by atoms with Crippen LogP contribution in [-0.4, -0.2) is 29.8 Å². The van der Waals surface area contributed by atoms with Crippen LogP contribution in [0.1, 0.15) is 32.3 Å². The Bertz CT molecular complexity index is 517. The fraction of sp³-hybridized carbons (Fsp3) is 0.533. The molecule has 6 heteroatoms. The summed E-state index contributed by atoms with van der Waals surface area (Å²) in [6.07, 6.45) is 1.47. The van der Waals surface area contributed by atoms with Crippen LogP contribution in [0.2, 0.25) is 0 Å². The third kappa shape index (κ3) is 4.35. The van der Waals surface area contributed by atoms with Crippen LogP contribution >= 0.6 is 15.9 Å². The average molecular weight is 358 g/mol. The van der Waals surface area contributed by atoms with E-state index in [-0.39, 0.29) is 12.5 Å². The largest absolute Gasteiger partial charge is 0.490 e. The highest BCUT2D eigenvalue weighted by atomic mass is 79.9. The lowest BCUT2D eigenvalue weighted by atomic mass is 10.2. The molecular formula is C15H20BrNO4. The van der Waals surface area contributed by atoms with Crippen molar-refractivity contribution < 1.29 is 19.4 Å². The number of halogens is 1. The Morgan fingerprint density at radius 1 is 1.52 bits per heavy atom. The van der Waals surface area contributed by atoms with Gasteiger partial charge in [0, 0.05) is 6.04 Å². The van der Waals surface area contributed by atoms with E-state index in [2.05, 4.69) is 21.2 Å². The first-order chi connectivity index (χ1) is 10.0. The van der Waals surface area contributed by atoms with Crippen molar-refractivity contribution in [3.63, 3.8) is 0 Å². The Labute approximate surface area is 132 Å². The fourth-order valence-corrected chi connectivity index (χ4v) is 2.45. The first-order valence-electron chi connectivity index (χ1n) is 7.08. The molecule has 116 valence electrons. The van der Waals surface area contributed by atoms with Gasteiger partial charge in [0.1, 0.15) is 0 Å². The molecule has 1 aromatic carbocycles. The zero-order valence-electron chi connectivity index (χ0n) is 12.2. The molecule has 1 aromatic rings. The minimum absolute atomic E-state index is 0.0866. The Morgan fingerprint density at radius 3 is 2.81 bits per heavy atom. The van der Waals surface area contributed by atoms with Gasteiger partial charge in [0.25, 0.3) is 5.91 Å². The molecule has 0 aromatic heterocycles. The predicted octanol–water partition coefficient (Wildman–Crippen LogP) is 2.39. The van der Waals surface area contributed by atoms with Crippen molar-refractivity contribution in [1.82, 2.24) is 5.32 Å². The van der Waals surface area contributed by atoms with Gasteiger partial charge >= 0.3 is 0 Å². The lowest BCUT2D eigenvalue weighted by Crippen LogP contribution is -2.37. The van der Waals surface area contributed by atoms with Gasteiger partial charge < -0.3 is 19.9 Å². The van der Waals surface area contributed by atoms with Gasteiger partial charge in [-0.25, -0.2) is 0 Å². The summed E-state index contributed by atoms with van der Waals surface area (Å²) in [4.78, 5) is 12.0. The Kier molecular flexibility index (Phi) is 5.47. The zero-order valence-corrected chi connectivity index (χ0v) is 13.8. The van der Waals surface area contributed by atoms with Crippen LogP contribution in [0.25, 0.3) is 0 Å². The van der Waals surface area contributed by atoms with Gasteiger partial charge in [0.05, 0.1) is 17.7 Å². The van der Waals surface area contributed by atoms with E-state index in [1.54, 1.807) is 19.1 Å². The van der Waals surface area contributed by atoms with Crippen molar-refractivity contribution in [2.24, 2.45) is 0 Å². The van der Waals surface area contributed by atoms with E-state index in [4.69, 9.17) is 9.47 Å². The second-order valence-corrected chi connectivity index (χ2v) is 5.89. The van der Waals surface area contributed by atoms with Gasteiger partial charge in [-0.15, -0.1) is 0 Å². The molecule has 2 rings (SSSR count). The number of ether oxygens (including phenoxy) is 2. The highest BCUT2D eigenvalue weighted by molar-refractivity contribution is 9.10. The van der Waals surface area contributed by atoms with Gasteiger partial charge in [-0.1, -0.05) is 0 Å². The van der Waals surface area contributed by atoms with E-state index in [9.17, 15) is 9.90 Å². The maximum absolute atomic E-state index is 12.0. The molecule has 1 amide bonds. The minimum atomic E-state index is -0.610. The molecule has 1 unspecified atom stereocenters. The number of benzene rings is 1. The van der Waals surface area contributed by atoms with E-state index in [0.29, 0.717) is 34.2 Å². The standard InChI is InChI=1S/C15H20BrNO4/c1-3-20-13-7-10(8-18)6-12(16)14(13)21-9(2)15(19)17-11-4-5-11/h6-7,9,11,18H,3-5,8H2,1-2H3,(H,17,19). The number of aliphatic hydroxyl groups is 1. The van der Waals surface area contributed by atoms with Gasteiger partial charge in [-0.2, -0.15) is 0 Å². The number of carbonyl (C=O) groups excluding carboxylic acids is 1. The van der Waals surface area contributed by atoms with Crippen molar-refractivity contribution in [2.75, 3.05) is 6.61 Å². The van der Waals surface area contributed by atoms with Gasteiger partial charge in [-0.3, -0.25) is 4.79 Å². The molecule has 0 heterocycles. The molecule has 0 spiro atoms. The number of amides is 1. The highest BCUT2D eigenvalue weighted by Crippen LogP contribution is 2.37. The molecule has 1 atom stereocenters. The van der Waals surface area contributed by atoms with Crippen LogP contribution in [0.3, 0.4) is 0 Å². The molecule has 0 bridgehead atoms. The van der Waals surface area contributed by atoms with Crippen LogP contribution in [0, 0.1) is 0 Å². The quantitative estimate of drug-likeness (QED) is 0.786. The molecule has 1 aliphatic carbocycles. The maximum atomic E-state index is 12.0. The zero-order chi connectivity index (χ0) is 15.4.